The highest BCUT2D eigenvalue weighted by Gasteiger charge is 2.56. The van der Waals surface area contributed by atoms with Crippen LogP contribution in [0.1, 0.15) is 19.8 Å². The number of anilines is 1. The van der Waals surface area contributed by atoms with E-state index in [0.717, 1.165) is 19.4 Å². The Hall–Kier alpha value is -2.92. The molecular weight excluding hydrogens is 445 g/mol. The van der Waals surface area contributed by atoms with Crippen molar-refractivity contribution in [2.75, 3.05) is 25.5 Å². The second kappa shape index (κ2) is 7.84. The van der Waals surface area contributed by atoms with E-state index in [1.807, 2.05) is 25.9 Å². The molecule has 2 bridgehead atoms. The average Bonchev–Trinajstić information content (AvgIpc) is 3.27. The van der Waals surface area contributed by atoms with E-state index in [2.05, 4.69) is 25.1 Å². The van der Waals surface area contributed by atoms with E-state index in [4.69, 9.17) is 0 Å². The highest BCUT2D eigenvalue weighted by Crippen LogP contribution is 2.47. The number of fused-ring (bicyclic) bond motifs is 3. The topological polar surface area (TPSA) is 100 Å². The van der Waals surface area contributed by atoms with Gasteiger partial charge in [-0.1, -0.05) is 17.4 Å². The van der Waals surface area contributed by atoms with Gasteiger partial charge in [-0.15, -0.1) is 10.2 Å². The van der Waals surface area contributed by atoms with Gasteiger partial charge < -0.3 is 10.0 Å². The van der Waals surface area contributed by atoms with Crippen molar-refractivity contribution in [3.8, 4) is 27.7 Å². The summed E-state index contributed by atoms with van der Waals surface area (Å²) in [4.78, 5) is 23.9. The number of nitrogens with zero attached hydrogens (tertiary/aromatic N) is 7. The molecule has 33 heavy (non-hydrogen) atoms. The van der Waals surface area contributed by atoms with Gasteiger partial charge in [0, 0.05) is 26.2 Å². The number of aromatic nitrogens is 5. The zero-order valence-electron chi connectivity index (χ0n) is 18.9. The number of phenols is 1. The molecule has 2 saturated heterocycles. The van der Waals surface area contributed by atoms with Gasteiger partial charge >= 0.3 is 5.69 Å². The maximum absolute atomic E-state index is 15.6. The molecule has 2 aromatic heterocycles. The van der Waals surface area contributed by atoms with Gasteiger partial charge in [0.05, 0.1) is 17.1 Å². The molecule has 11 heteroatoms. The SMILES string of the molecule is CN(c1nnc(-c2ccc(-c3ncn(C)c(=O)n3)cc2O)s1)C1C(F)[C@@]2(C)CC[C@@H]1CN2C. The quantitative estimate of drug-likeness (QED) is 0.619. The molecule has 2 aliphatic heterocycles. The van der Waals surface area contributed by atoms with E-state index < -0.39 is 17.4 Å². The summed E-state index contributed by atoms with van der Waals surface area (Å²) < 4.78 is 16.8. The Bertz CT molecular complexity index is 1260. The Labute approximate surface area is 194 Å². The lowest BCUT2D eigenvalue weighted by molar-refractivity contribution is -0.0814. The molecule has 0 spiro atoms. The fourth-order valence-corrected chi connectivity index (χ4v) is 5.93. The highest BCUT2D eigenvalue weighted by atomic mass is 32.1. The smallest absolute Gasteiger partial charge is 0.350 e. The van der Waals surface area contributed by atoms with Gasteiger partial charge in [-0.05, 0) is 44.9 Å². The Morgan fingerprint density at radius 2 is 2.09 bits per heavy atom. The Balaban J connectivity index is 1.41. The second-order valence-electron chi connectivity index (χ2n) is 9.23. The minimum atomic E-state index is -0.987. The molecule has 6 rings (SSSR count). The van der Waals surface area contributed by atoms with Crippen LogP contribution in [0.5, 0.6) is 5.75 Å². The van der Waals surface area contributed by atoms with E-state index >= 15 is 4.39 Å². The third kappa shape index (κ3) is 3.50. The van der Waals surface area contributed by atoms with Crippen LogP contribution in [0.15, 0.2) is 29.3 Å². The van der Waals surface area contributed by atoms with Crippen LogP contribution in [0, 0.1) is 5.92 Å². The number of alkyl halides is 1. The van der Waals surface area contributed by atoms with Gasteiger partial charge in [0.1, 0.15) is 18.2 Å². The van der Waals surface area contributed by atoms with Crippen LogP contribution in [0.3, 0.4) is 0 Å². The summed E-state index contributed by atoms with van der Waals surface area (Å²) in [5.74, 6) is 0.448. The summed E-state index contributed by atoms with van der Waals surface area (Å²) >= 11 is 1.32. The summed E-state index contributed by atoms with van der Waals surface area (Å²) in [6.07, 6.45) is 2.25. The molecule has 9 nitrogen and oxygen atoms in total. The van der Waals surface area contributed by atoms with Crippen LogP contribution in [0.2, 0.25) is 0 Å². The van der Waals surface area contributed by atoms with Crippen LogP contribution in [0.25, 0.3) is 22.0 Å². The van der Waals surface area contributed by atoms with Crippen LogP contribution in [-0.4, -0.2) is 73.1 Å². The molecule has 1 aliphatic carbocycles. The van der Waals surface area contributed by atoms with E-state index in [-0.39, 0.29) is 23.5 Å². The third-order valence-electron chi connectivity index (χ3n) is 7.28. The Morgan fingerprint density at radius 3 is 2.79 bits per heavy atom. The number of aromatic hydroxyl groups is 1. The lowest BCUT2D eigenvalue weighted by Crippen LogP contribution is -2.70. The average molecular weight is 472 g/mol. The van der Waals surface area contributed by atoms with Crippen LogP contribution < -0.4 is 10.6 Å². The lowest BCUT2D eigenvalue weighted by atomic mass is 9.67. The molecule has 4 atom stereocenters. The fraction of sp³-hybridized carbons (Fsp3) is 0.500. The third-order valence-corrected chi connectivity index (χ3v) is 8.33. The van der Waals surface area contributed by atoms with Gasteiger partial charge in [-0.25, -0.2) is 14.2 Å². The van der Waals surface area contributed by atoms with Gasteiger partial charge in [0.15, 0.2) is 10.8 Å². The molecule has 1 aromatic carbocycles. The van der Waals surface area contributed by atoms with Gasteiger partial charge in [0.25, 0.3) is 0 Å². The zero-order chi connectivity index (χ0) is 23.5. The molecule has 4 heterocycles. The number of aryl methyl sites for hydroxylation is 1. The second-order valence-corrected chi connectivity index (χ2v) is 10.2. The molecule has 0 radical (unpaired) electrons. The van der Waals surface area contributed by atoms with E-state index in [1.165, 1.54) is 28.3 Å². The van der Waals surface area contributed by atoms with Crippen molar-refractivity contribution in [2.24, 2.45) is 13.0 Å². The number of halogens is 1. The van der Waals surface area contributed by atoms with Crippen LogP contribution in [-0.2, 0) is 7.05 Å². The van der Waals surface area contributed by atoms with E-state index in [0.29, 0.717) is 21.3 Å². The molecule has 1 saturated carbocycles. The summed E-state index contributed by atoms with van der Waals surface area (Å²) in [6.45, 7) is 2.87. The maximum Gasteiger partial charge on any atom is 0.350 e. The first-order valence-corrected chi connectivity index (χ1v) is 11.7. The van der Waals surface area contributed by atoms with Crippen LogP contribution in [0.4, 0.5) is 9.52 Å². The molecule has 3 aliphatic rings. The lowest BCUT2D eigenvalue weighted by Gasteiger charge is -2.58. The van der Waals surface area contributed by atoms with Crippen molar-refractivity contribution in [1.82, 2.24) is 29.6 Å². The summed E-state index contributed by atoms with van der Waals surface area (Å²) in [5.41, 5.74) is 0.138. The number of phenolic OH excluding ortho intramolecular Hbond substituents is 1. The van der Waals surface area contributed by atoms with E-state index in [9.17, 15) is 9.90 Å². The summed E-state index contributed by atoms with van der Waals surface area (Å²) in [5, 5.41) is 20.4. The Kier molecular flexibility index (Phi) is 5.20. The fourth-order valence-electron chi connectivity index (χ4n) is 5.04. The van der Waals surface area contributed by atoms with Crippen molar-refractivity contribution >= 4 is 16.5 Å². The zero-order valence-corrected chi connectivity index (χ0v) is 19.8. The minimum absolute atomic E-state index is 0.0173. The largest absolute Gasteiger partial charge is 0.507 e. The first-order valence-electron chi connectivity index (χ1n) is 10.8. The van der Waals surface area contributed by atoms with Crippen molar-refractivity contribution in [1.29, 1.82) is 0 Å². The summed E-state index contributed by atoms with van der Waals surface area (Å²) in [7, 11) is 5.45. The molecule has 3 fully saturated rings. The summed E-state index contributed by atoms with van der Waals surface area (Å²) in [6, 6.07) is 4.67. The van der Waals surface area contributed by atoms with Gasteiger partial charge in [-0.2, -0.15) is 4.98 Å². The number of hydrogen-bond acceptors (Lipinski definition) is 9. The molecular formula is C22H26FN7O2S. The molecule has 3 aromatic rings. The number of hydrogen-bond donors (Lipinski definition) is 1. The maximum atomic E-state index is 15.6. The predicted molar refractivity (Wildman–Crippen MR) is 124 cm³/mol. The van der Waals surface area contributed by atoms with Gasteiger partial charge in [0.2, 0.25) is 5.13 Å². The minimum Gasteiger partial charge on any atom is -0.507 e. The highest BCUT2D eigenvalue weighted by molar-refractivity contribution is 7.18. The van der Waals surface area contributed by atoms with Gasteiger partial charge in [-0.3, -0.25) is 9.47 Å². The molecule has 0 amide bonds. The first kappa shape index (κ1) is 21.9. The predicted octanol–water partition coefficient (Wildman–Crippen LogP) is 2.32. The molecule has 1 N–H and O–H groups in total. The standard InChI is InChI=1S/C22H26FN7O2S/c1-22-8-7-13(10-29(22)3)16(17(22)23)30(4)21-27-26-19(33-21)14-6-5-12(9-15(14)31)18-24-11-28(2)20(32)25-18/h5-6,9,11,13,16-17,31H,7-8,10H2,1-4H3/t13-,16?,17?,22-/m1/s1. The van der Waals surface area contributed by atoms with Crippen molar-refractivity contribution in [2.45, 2.75) is 37.5 Å². The van der Waals surface area contributed by atoms with Crippen molar-refractivity contribution < 1.29 is 9.50 Å². The molecule has 2 unspecified atom stereocenters. The van der Waals surface area contributed by atoms with Crippen LogP contribution >= 0.6 is 11.3 Å². The monoisotopic (exact) mass is 471 g/mol. The van der Waals surface area contributed by atoms with Crippen molar-refractivity contribution in [3.05, 3.63) is 35.0 Å². The number of piperidine rings is 2. The number of rotatable bonds is 4. The Morgan fingerprint density at radius 1 is 1.30 bits per heavy atom. The van der Waals surface area contributed by atoms with E-state index in [1.54, 1.807) is 19.2 Å². The first-order chi connectivity index (χ1) is 15.7. The molecule has 174 valence electrons. The number of benzene rings is 1. The van der Waals surface area contributed by atoms with Crippen molar-refractivity contribution in [3.63, 3.8) is 0 Å². The normalized spacial score (nSPS) is 27.1.